The molecule has 1 heterocycles. The molecule has 1 amide bonds. The van der Waals surface area contributed by atoms with E-state index in [1.807, 2.05) is 24.3 Å². The van der Waals surface area contributed by atoms with Crippen LogP contribution < -0.4 is 10.1 Å². The monoisotopic (exact) mass is 235 g/mol. The number of carbonyl (C=O) groups excluding carboxylic acids is 1. The van der Waals surface area contributed by atoms with Crippen LogP contribution in [0.5, 0.6) is 5.75 Å². The van der Waals surface area contributed by atoms with Gasteiger partial charge in [0.25, 0.3) is 5.91 Å². The van der Waals surface area contributed by atoms with Crippen LogP contribution in [0, 0.1) is 0 Å². The second kappa shape index (κ2) is 5.68. The van der Waals surface area contributed by atoms with Crippen LogP contribution >= 0.6 is 0 Å². The maximum Gasteiger partial charge on any atom is 0.257 e. The lowest BCUT2D eigenvalue weighted by Gasteiger charge is -2.10. The predicted octanol–water partition coefficient (Wildman–Crippen LogP) is 1.66. The van der Waals surface area contributed by atoms with Crippen molar-refractivity contribution in [2.45, 2.75) is 18.9 Å². The summed E-state index contributed by atoms with van der Waals surface area (Å²) in [6, 6.07) is 7.74. The first-order chi connectivity index (χ1) is 8.29. The number of carbonyl (C=O) groups is 1. The van der Waals surface area contributed by atoms with Gasteiger partial charge in [0.2, 0.25) is 0 Å². The minimum absolute atomic E-state index is 0.0514. The minimum atomic E-state index is -0.131. The molecule has 1 aromatic carbocycles. The Morgan fingerprint density at radius 2 is 2.24 bits per heavy atom. The summed E-state index contributed by atoms with van der Waals surface area (Å²) in [5.74, 6) is 0.573. The number of hydrogen-bond acceptors (Lipinski definition) is 3. The van der Waals surface area contributed by atoms with E-state index in [-0.39, 0.29) is 18.6 Å². The van der Waals surface area contributed by atoms with E-state index >= 15 is 0 Å². The molecule has 0 spiro atoms. The van der Waals surface area contributed by atoms with Crippen molar-refractivity contribution < 1.29 is 14.3 Å². The first-order valence-electron chi connectivity index (χ1n) is 5.84. The number of rotatable bonds is 4. The van der Waals surface area contributed by atoms with Crippen molar-refractivity contribution >= 4 is 5.91 Å². The second-order valence-electron chi connectivity index (χ2n) is 4.03. The van der Waals surface area contributed by atoms with Gasteiger partial charge < -0.3 is 14.8 Å². The molecule has 17 heavy (non-hydrogen) atoms. The molecule has 0 saturated carbocycles. The van der Waals surface area contributed by atoms with E-state index in [1.54, 1.807) is 7.05 Å². The Morgan fingerprint density at radius 1 is 1.47 bits per heavy atom. The van der Waals surface area contributed by atoms with E-state index in [1.165, 1.54) is 5.56 Å². The van der Waals surface area contributed by atoms with Gasteiger partial charge in [0, 0.05) is 13.7 Å². The first kappa shape index (κ1) is 11.9. The molecule has 1 saturated heterocycles. The SMILES string of the molecule is CNC(=O)COc1ccc(C2CCCO2)cc1. The molecule has 0 aromatic heterocycles. The predicted molar refractivity (Wildman–Crippen MR) is 63.9 cm³/mol. The topological polar surface area (TPSA) is 47.6 Å². The molecule has 1 unspecified atom stereocenters. The number of hydrogen-bond donors (Lipinski definition) is 1. The zero-order valence-corrected chi connectivity index (χ0v) is 9.94. The molecule has 0 radical (unpaired) electrons. The van der Waals surface area contributed by atoms with Gasteiger partial charge in [-0.15, -0.1) is 0 Å². The molecular formula is C13H17NO3. The van der Waals surface area contributed by atoms with Crippen molar-refractivity contribution in [1.29, 1.82) is 0 Å². The van der Waals surface area contributed by atoms with Gasteiger partial charge in [-0.2, -0.15) is 0 Å². The Labute approximate surface area is 101 Å². The molecule has 1 N–H and O–H groups in total. The third-order valence-corrected chi connectivity index (χ3v) is 2.83. The van der Waals surface area contributed by atoms with Gasteiger partial charge in [0.1, 0.15) is 5.75 Å². The maximum absolute atomic E-state index is 11.0. The average molecular weight is 235 g/mol. The summed E-state index contributed by atoms with van der Waals surface area (Å²) < 4.78 is 10.9. The molecule has 0 aliphatic carbocycles. The highest BCUT2D eigenvalue weighted by atomic mass is 16.5. The van der Waals surface area contributed by atoms with Crippen LogP contribution in [-0.4, -0.2) is 26.2 Å². The number of nitrogens with one attached hydrogen (secondary N) is 1. The van der Waals surface area contributed by atoms with Crippen molar-refractivity contribution in [3.8, 4) is 5.75 Å². The average Bonchev–Trinajstić information content (AvgIpc) is 2.90. The summed E-state index contributed by atoms with van der Waals surface area (Å²) in [7, 11) is 1.59. The quantitative estimate of drug-likeness (QED) is 0.863. The lowest BCUT2D eigenvalue weighted by Crippen LogP contribution is -2.24. The van der Waals surface area contributed by atoms with Crippen LogP contribution in [0.3, 0.4) is 0 Å². The molecule has 4 nitrogen and oxygen atoms in total. The van der Waals surface area contributed by atoms with Gasteiger partial charge in [0.05, 0.1) is 6.10 Å². The van der Waals surface area contributed by atoms with Crippen molar-refractivity contribution in [3.63, 3.8) is 0 Å². The molecule has 4 heteroatoms. The maximum atomic E-state index is 11.0. The van der Waals surface area contributed by atoms with Crippen molar-refractivity contribution in [2.24, 2.45) is 0 Å². The summed E-state index contributed by atoms with van der Waals surface area (Å²) in [5, 5.41) is 2.51. The van der Waals surface area contributed by atoms with Crippen molar-refractivity contribution in [3.05, 3.63) is 29.8 Å². The minimum Gasteiger partial charge on any atom is -0.484 e. The fourth-order valence-electron chi connectivity index (χ4n) is 1.84. The second-order valence-corrected chi connectivity index (χ2v) is 4.03. The largest absolute Gasteiger partial charge is 0.484 e. The number of amides is 1. The summed E-state index contributed by atoms with van der Waals surface area (Å²) in [6.07, 6.45) is 2.43. The van der Waals surface area contributed by atoms with Crippen LogP contribution in [0.4, 0.5) is 0 Å². The van der Waals surface area contributed by atoms with Gasteiger partial charge in [-0.05, 0) is 30.5 Å². The third kappa shape index (κ3) is 3.20. The molecule has 1 aliphatic heterocycles. The van der Waals surface area contributed by atoms with Gasteiger partial charge in [-0.25, -0.2) is 0 Å². The van der Waals surface area contributed by atoms with Crippen LogP contribution in [0.25, 0.3) is 0 Å². The molecule has 0 bridgehead atoms. The van der Waals surface area contributed by atoms with Crippen molar-refractivity contribution in [2.75, 3.05) is 20.3 Å². The van der Waals surface area contributed by atoms with Crippen LogP contribution in [0.15, 0.2) is 24.3 Å². The van der Waals surface area contributed by atoms with Gasteiger partial charge in [-0.1, -0.05) is 12.1 Å². The highest BCUT2D eigenvalue weighted by molar-refractivity contribution is 5.77. The molecule has 1 aromatic rings. The molecule has 1 atom stereocenters. The lowest BCUT2D eigenvalue weighted by molar-refractivity contribution is -0.122. The summed E-state index contributed by atoms with van der Waals surface area (Å²) >= 11 is 0. The van der Waals surface area contributed by atoms with E-state index < -0.39 is 0 Å². The normalized spacial score (nSPS) is 19.0. The highest BCUT2D eigenvalue weighted by Crippen LogP contribution is 2.29. The summed E-state index contributed by atoms with van der Waals surface area (Å²) in [4.78, 5) is 11.0. The van der Waals surface area contributed by atoms with E-state index in [0.717, 1.165) is 19.4 Å². The van der Waals surface area contributed by atoms with Gasteiger partial charge in [-0.3, -0.25) is 4.79 Å². The number of benzene rings is 1. The molecular weight excluding hydrogens is 218 g/mol. The zero-order valence-electron chi connectivity index (χ0n) is 9.94. The summed E-state index contributed by atoms with van der Waals surface area (Å²) in [6.45, 7) is 0.898. The van der Waals surface area contributed by atoms with E-state index in [9.17, 15) is 4.79 Å². The first-order valence-corrected chi connectivity index (χ1v) is 5.84. The number of likely N-dealkylation sites (N-methyl/N-ethyl adjacent to an activating group) is 1. The fourth-order valence-corrected chi connectivity index (χ4v) is 1.84. The van der Waals surface area contributed by atoms with Crippen LogP contribution in [0.2, 0.25) is 0 Å². The zero-order chi connectivity index (χ0) is 12.1. The Morgan fingerprint density at radius 3 is 2.82 bits per heavy atom. The molecule has 2 rings (SSSR count). The molecule has 92 valence electrons. The van der Waals surface area contributed by atoms with Crippen LogP contribution in [0.1, 0.15) is 24.5 Å². The van der Waals surface area contributed by atoms with Crippen LogP contribution in [-0.2, 0) is 9.53 Å². The Bertz CT molecular complexity index is 369. The Hall–Kier alpha value is -1.55. The van der Waals surface area contributed by atoms with Crippen molar-refractivity contribution in [1.82, 2.24) is 5.32 Å². The van der Waals surface area contributed by atoms with E-state index in [2.05, 4.69) is 5.32 Å². The smallest absolute Gasteiger partial charge is 0.257 e. The number of ether oxygens (including phenoxy) is 2. The summed E-state index contributed by atoms with van der Waals surface area (Å²) in [5.41, 5.74) is 1.18. The molecule has 1 aliphatic rings. The molecule has 1 fully saturated rings. The third-order valence-electron chi connectivity index (χ3n) is 2.83. The van der Waals surface area contributed by atoms with E-state index in [0.29, 0.717) is 5.75 Å². The van der Waals surface area contributed by atoms with Gasteiger partial charge in [0.15, 0.2) is 6.61 Å². The van der Waals surface area contributed by atoms with Gasteiger partial charge >= 0.3 is 0 Å². The Kier molecular flexibility index (Phi) is 3.98. The highest BCUT2D eigenvalue weighted by Gasteiger charge is 2.17. The Balaban J connectivity index is 1.90. The standard InChI is InChI=1S/C13H17NO3/c1-14-13(15)9-17-11-6-4-10(5-7-11)12-3-2-8-16-12/h4-7,12H,2-3,8-9H2,1H3,(H,14,15). The van der Waals surface area contributed by atoms with E-state index in [4.69, 9.17) is 9.47 Å². The lowest BCUT2D eigenvalue weighted by atomic mass is 10.1. The fraction of sp³-hybridized carbons (Fsp3) is 0.462.